The molecule has 0 aliphatic rings. The lowest BCUT2D eigenvalue weighted by molar-refractivity contribution is -0.160. The van der Waals surface area contributed by atoms with Gasteiger partial charge in [0.15, 0.2) is 6.10 Å². The van der Waals surface area contributed by atoms with Crippen molar-refractivity contribution in [3.63, 3.8) is 0 Å². The molecule has 276 valence electrons. The monoisotopic (exact) mass is 695 g/mol. The molecule has 0 fully saturated rings. The summed E-state index contributed by atoms with van der Waals surface area (Å²) in [7, 11) is -4.39. The second-order valence-electron chi connectivity index (χ2n) is 11.7. The molecule has 0 bridgehead atoms. The topological polar surface area (TPSA) is 134 Å². The van der Waals surface area contributed by atoms with Gasteiger partial charge >= 0.3 is 19.8 Å². The van der Waals surface area contributed by atoms with Crippen LogP contribution in [-0.4, -0.2) is 49.3 Å². The van der Waals surface area contributed by atoms with E-state index < -0.39 is 32.5 Å². The zero-order valence-corrected chi connectivity index (χ0v) is 30.8. The molecule has 48 heavy (non-hydrogen) atoms. The summed E-state index contributed by atoms with van der Waals surface area (Å²) in [4.78, 5) is 34.6. The van der Waals surface area contributed by atoms with Gasteiger partial charge in [-0.15, -0.1) is 0 Å². The molecule has 2 atom stereocenters. The van der Waals surface area contributed by atoms with Crippen molar-refractivity contribution in [3.05, 3.63) is 60.8 Å². The number of ether oxygens (including phenoxy) is 2. The summed E-state index contributed by atoms with van der Waals surface area (Å²) < 4.78 is 32.5. The van der Waals surface area contributed by atoms with E-state index in [0.717, 1.165) is 44.9 Å². The lowest BCUT2D eigenvalue weighted by Crippen LogP contribution is -2.29. The lowest BCUT2D eigenvalue weighted by atomic mass is 10.0. The zero-order chi connectivity index (χ0) is 35.4. The summed E-state index contributed by atoms with van der Waals surface area (Å²) in [5.41, 5.74) is 5.32. The number of rotatable bonds is 33. The molecular formula is C38H66NO8P. The lowest BCUT2D eigenvalue weighted by Gasteiger charge is -2.19. The fourth-order valence-electron chi connectivity index (χ4n) is 4.53. The normalized spacial score (nSPS) is 14.2. The average molecular weight is 696 g/mol. The Morgan fingerprint density at radius 1 is 0.646 bits per heavy atom. The average Bonchev–Trinajstić information content (AvgIpc) is 3.07. The van der Waals surface area contributed by atoms with Gasteiger partial charge in [-0.25, -0.2) is 4.57 Å². The fourth-order valence-corrected chi connectivity index (χ4v) is 5.30. The molecule has 0 heterocycles. The first-order valence-electron chi connectivity index (χ1n) is 18.3. The van der Waals surface area contributed by atoms with Crippen LogP contribution in [0.4, 0.5) is 0 Å². The molecular weight excluding hydrogens is 629 g/mol. The first-order valence-corrected chi connectivity index (χ1v) is 19.8. The van der Waals surface area contributed by atoms with Crippen LogP contribution in [0, 0.1) is 0 Å². The second-order valence-corrected chi connectivity index (χ2v) is 13.2. The van der Waals surface area contributed by atoms with Gasteiger partial charge in [-0.3, -0.25) is 18.6 Å². The zero-order valence-electron chi connectivity index (χ0n) is 29.9. The third-order valence-electron chi connectivity index (χ3n) is 7.20. The van der Waals surface area contributed by atoms with Gasteiger partial charge in [0.2, 0.25) is 0 Å². The highest BCUT2D eigenvalue weighted by molar-refractivity contribution is 7.47. The summed E-state index contributed by atoms with van der Waals surface area (Å²) in [6.07, 6.45) is 38.5. The van der Waals surface area contributed by atoms with Gasteiger partial charge in [0.1, 0.15) is 6.61 Å². The van der Waals surface area contributed by atoms with E-state index in [1.54, 1.807) is 6.08 Å². The molecule has 0 saturated heterocycles. The van der Waals surface area contributed by atoms with Crippen LogP contribution in [0.5, 0.6) is 0 Å². The summed E-state index contributed by atoms with van der Waals surface area (Å²) in [6, 6.07) is 0. The first-order chi connectivity index (χ1) is 23.3. The van der Waals surface area contributed by atoms with Crippen molar-refractivity contribution in [2.75, 3.05) is 26.4 Å². The van der Waals surface area contributed by atoms with Gasteiger partial charge in [-0.1, -0.05) is 145 Å². The Labute approximate surface area is 291 Å². The molecule has 9 nitrogen and oxygen atoms in total. The highest BCUT2D eigenvalue weighted by Gasteiger charge is 2.25. The highest BCUT2D eigenvalue weighted by Crippen LogP contribution is 2.43. The minimum atomic E-state index is -4.39. The van der Waals surface area contributed by atoms with E-state index in [0.29, 0.717) is 6.42 Å². The van der Waals surface area contributed by atoms with Crippen LogP contribution >= 0.6 is 7.82 Å². The Morgan fingerprint density at radius 2 is 1.12 bits per heavy atom. The maximum atomic E-state index is 12.4. The predicted octanol–water partition coefficient (Wildman–Crippen LogP) is 9.77. The van der Waals surface area contributed by atoms with E-state index in [9.17, 15) is 19.0 Å². The van der Waals surface area contributed by atoms with E-state index in [1.165, 1.54) is 57.8 Å². The van der Waals surface area contributed by atoms with Crippen molar-refractivity contribution in [1.82, 2.24) is 0 Å². The Morgan fingerprint density at radius 3 is 1.62 bits per heavy atom. The van der Waals surface area contributed by atoms with Crippen LogP contribution in [-0.2, 0) is 32.7 Å². The molecule has 0 radical (unpaired) electrons. The Kier molecular flexibility index (Phi) is 32.9. The molecule has 0 aromatic carbocycles. The van der Waals surface area contributed by atoms with Crippen molar-refractivity contribution >= 4 is 19.8 Å². The van der Waals surface area contributed by atoms with Crippen molar-refractivity contribution in [3.8, 4) is 0 Å². The maximum Gasteiger partial charge on any atom is 0.472 e. The van der Waals surface area contributed by atoms with Crippen LogP contribution in [0.3, 0.4) is 0 Å². The van der Waals surface area contributed by atoms with Crippen molar-refractivity contribution in [2.45, 2.75) is 142 Å². The van der Waals surface area contributed by atoms with Gasteiger partial charge in [0.25, 0.3) is 0 Å². The molecule has 3 N–H and O–H groups in total. The van der Waals surface area contributed by atoms with E-state index >= 15 is 0 Å². The summed E-state index contributed by atoms with van der Waals surface area (Å²) in [5.74, 6) is -0.981. The molecule has 0 aromatic heterocycles. The Balaban J connectivity index is 4.41. The molecule has 0 aliphatic carbocycles. The molecule has 10 heteroatoms. The molecule has 0 rings (SSSR count). The number of phosphoric ester groups is 1. The van der Waals surface area contributed by atoms with Crippen LogP contribution in [0.1, 0.15) is 136 Å². The third-order valence-corrected chi connectivity index (χ3v) is 8.19. The van der Waals surface area contributed by atoms with Gasteiger partial charge in [0.05, 0.1) is 19.6 Å². The molecule has 0 spiro atoms. The summed E-state index contributed by atoms with van der Waals surface area (Å²) >= 11 is 0. The van der Waals surface area contributed by atoms with E-state index in [1.807, 2.05) is 12.2 Å². The number of nitrogens with two attached hydrogens (primary N) is 1. The number of carbonyl (C=O) groups is 2. The third kappa shape index (κ3) is 33.6. The summed E-state index contributed by atoms with van der Waals surface area (Å²) in [5, 5.41) is 0. The highest BCUT2D eigenvalue weighted by atomic mass is 31.2. The van der Waals surface area contributed by atoms with E-state index in [4.69, 9.17) is 24.3 Å². The van der Waals surface area contributed by atoms with Crippen molar-refractivity contribution in [1.29, 1.82) is 0 Å². The molecule has 0 aliphatic heterocycles. The number of allylic oxidation sites excluding steroid dienone is 9. The number of hydrogen-bond donors (Lipinski definition) is 2. The van der Waals surface area contributed by atoms with Crippen LogP contribution in [0.15, 0.2) is 60.8 Å². The molecule has 0 amide bonds. The minimum absolute atomic E-state index is 0.00269. The Hall–Kier alpha value is -2.29. The Bertz CT molecular complexity index is 976. The van der Waals surface area contributed by atoms with Gasteiger partial charge < -0.3 is 20.1 Å². The number of phosphoric acid groups is 1. The van der Waals surface area contributed by atoms with Crippen molar-refractivity contribution < 1.29 is 37.6 Å². The second kappa shape index (κ2) is 34.6. The number of hydrogen-bond acceptors (Lipinski definition) is 8. The van der Waals surface area contributed by atoms with Crippen LogP contribution < -0.4 is 5.73 Å². The largest absolute Gasteiger partial charge is 0.472 e. The van der Waals surface area contributed by atoms with Crippen molar-refractivity contribution in [2.24, 2.45) is 5.73 Å². The summed E-state index contributed by atoms with van der Waals surface area (Å²) in [6.45, 7) is 3.47. The van der Waals surface area contributed by atoms with E-state index in [-0.39, 0.29) is 32.6 Å². The van der Waals surface area contributed by atoms with Crippen LogP contribution in [0.25, 0.3) is 0 Å². The number of unbranched alkanes of at least 4 members (excludes halogenated alkanes) is 11. The van der Waals surface area contributed by atoms with E-state index in [2.05, 4.69) is 56.4 Å². The smallest absolute Gasteiger partial charge is 0.462 e. The SMILES string of the molecule is CC/C=C\C/C=C\C/C=C\C/C=C\C/C=C\CC(=O)OC(COC(=O)CCCCCCCCCCCCCC)COP(=O)(O)OCCN. The van der Waals surface area contributed by atoms with Gasteiger partial charge in [0, 0.05) is 13.0 Å². The molecule has 2 unspecified atom stereocenters. The maximum absolute atomic E-state index is 12.4. The molecule has 0 saturated carbocycles. The van der Waals surface area contributed by atoms with Crippen LogP contribution in [0.2, 0.25) is 0 Å². The van der Waals surface area contributed by atoms with Gasteiger partial charge in [-0.05, 0) is 38.5 Å². The number of carbonyl (C=O) groups excluding carboxylic acids is 2. The predicted molar refractivity (Wildman–Crippen MR) is 196 cm³/mol. The standard InChI is InChI=1S/C38H66NO8P/c1-3-5-7-9-11-13-15-17-18-19-21-23-25-27-29-31-38(41)47-36(35-46-48(42,43)45-33-32-39)34-44-37(40)30-28-26-24-22-20-16-14-12-10-8-6-4-2/h5,7,11,13,17-18,21,23,27,29,36H,3-4,6,8-10,12,14-16,19-20,22,24-26,28,30-35,39H2,1-2H3,(H,42,43)/b7-5-,13-11-,18-17-,23-21-,29-27-. The fraction of sp³-hybridized carbons (Fsp3) is 0.684. The first kappa shape index (κ1) is 45.7. The molecule has 0 aromatic rings. The number of esters is 2. The minimum Gasteiger partial charge on any atom is -0.462 e. The quantitative estimate of drug-likeness (QED) is 0.0298. The van der Waals surface area contributed by atoms with Gasteiger partial charge in [-0.2, -0.15) is 0 Å².